The smallest absolute Gasteiger partial charge is 0.272 e. The van der Waals surface area contributed by atoms with Crippen molar-refractivity contribution < 1.29 is 9.53 Å². The summed E-state index contributed by atoms with van der Waals surface area (Å²) in [6.07, 6.45) is 2.53. The highest BCUT2D eigenvalue weighted by Crippen LogP contribution is 2.29. The van der Waals surface area contributed by atoms with E-state index in [0.717, 1.165) is 40.3 Å². The number of rotatable bonds is 6. The molecule has 32 heavy (non-hydrogen) atoms. The van der Waals surface area contributed by atoms with E-state index in [1.807, 2.05) is 53.4 Å². The first kappa shape index (κ1) is 20.0. The molecule has 0 bridgehead atoms. The van der Waals surface area contributed by atoms with E-state index < -0.39 is 0 Å². The predicted molar refractivity (Wildman–Crippen MR) is 122 cm³/mol. The molecule has 2 N–H and O–H groups in total. The summed E-state index contributed by atoms with van der Waals surface area (Å²) in [5, 5.41) is 11.7. The lowest BCUT2D eigenvalue weighted by atomic mass is 10.0. The number of H-pyrrole nitrogens is 1. The van der Waals surface area contributed by atoms with E-state index in [1.165, 1.54) is 0 Å². The Labute approximate surface area is 185 Å². The first-order valence-electron chi connectivity index (χ1n) is 10.6. The molecule has 5 rings (SSSR count). The number of likely N-dealkylation sites (tertiary alicyclic amines) is 1. The summed E-state index contributed by atoms with van der Waals surface area (Å²) in [5.41, 5.74) is 3.24. The van der Waals surface area contributed by atoms with Gasteiger partial charge in [-0.15, -0.1) is 0 Å². The number of pyridine rings is 2. The minimum absolute atomic E-state index is 0.0291. The summed E-state index contributed by atoms with van der Waals surface area (Å²) in [6.45, 7) is 1.94. The SMILES string of the molecule is COc1ccccc1CNc1n[nH]c2nc(C3CCN(C(=O)c4ccccn4)C3)ccc12. The van der Waals surface area contributed by atoms with Crippen LogP contribution in [-0.2, 0) is 6.54 Å². The minimum Gasteiger partial charge on any atom is -0.496 e. The molecule has 1 aliphatic rings. The molecule has 0 spiro atoms. The number of carbonyl (C=O) groups is 1. The number of ether oxygens (including phenoxy) is 1. The minimum atomic E-state index is -0.0291. The number of fused-ring (bicyclic) bond motifs is 1. The van der Waals surface area contributed by atoms with Crippen LogP contribution in [0.3, 0.4) is 0 Å². The number of amides is 1. The first-order chi connectivity index (χ1) is 15.7. The van der Waals surface area contributed by atoms with Gasteiger partial charge in [-0.2, -0.15) is 5.10 Å². The Hall–Kier alpha value is -3.94. The molecule has 8 nitrogen and oxygen atoms in total. The zero-order valence-corrected chi connectivity index (χ0v) is 17.8. The molecule has 0 saturated carbocycles. The van der Waals surface area contributed by atoms with Crippen LogP contribution in [0, 0.1) is 0 Å². The molecule has 0 radical (unpaired) electrons. The van der Waals surface area contributed by atoms with E-state index in [9.17, 15) is 4.79 Å². The number of aromatic amines is 1. The Morgan fingerprint density at radius 1 is 1.19 bits per heavy atom. The second-order valence-corrected chi connectivity index (χ2v) is 7.82. The van der Waals surface area contributed by atoms with Crippen LogP contribution in [0.1, 0.15) is 34.1 Å². The fraction of sp³-hybridized carbons (Fsp3) is 0.250. The van der Waals surface area contributed by atoms with Crippen molar-refractivity contribution in [1.82, 2.24) is 25.1 Å². The van der Waals surface area contributed by atoms with Gasteiger partial charge in [0.25, 0.3) is 5.91 Å². The van der Waals surface area contributed by atoms with Crippen molar-refractivity contribution in [2.75, 3.05) is 25.5 Å². The average molecular weight is 428 g/mol. The molecular formula is C24H24N6O2. The molecule has 1 aromatic carbocycles. The van der Waals surface area contributed by atoms with Gasteiger partial charge in [-0.1, -0.05) is 24.3 Å². The van der Waals surface area contributed by atoms with E-state index in [-0.39, 0.29) is 11.8 Å². The lowest BCUT2D eigenvalue weighted by Gasteiger charge is -2.16. The van der Waals surface area contributed by atoms with Crippen molar-refractivity contribution in [2.45, 2.75) is 18.9 Å². The largest absolute Gasteiger partial charge is 0.496 e. The number of nitrogens with one attached hydrogen (secondary N) is 2. The Morgan fingerprint density at radius 2 is 2.06 bits per heavy atom. The number of nitrogens with zero attached hydrogens (tertiary/aromatic N) is 4. The molecule has 162 valence electrons. The quantitative estimate of drug-likeness (QED) is 0.487. The van der Waals surface area contributed by atoms with Gasteiger partial charge in [0.1, 0.15) is 11.4 Å². The molecular weight excluding hydrogens is 404 g/mol. The molecule has 4 aromatic rings. The zero-order valence-electron chi connectivity index (χ0n) is 17.8. The number of aromatic nitrogens is 4. The molecule has 4 heterocycles. The number of carbonyl (C=O) groups excluding carboxylic acids is 1. The Kier molecular flexibility index (Phi) is 5.41. The lowest BCUT2D eigenvalue weighted by Crippen LogP contribution is -2.29. The average Bonchev–Trinajstić information content (AvgIpc) is 3.50. The van der Waals surface area contributed by atoms with Crippen LogP contribution < -0.4 is 10.1 Å². The first-order valence-corrected chi connectivity index (χ1v) is 10.6. The molecule has 1 aliphatic heterocycles. The summed E-state index contributed by atoms with van der Waals surface area (Å²) >= 11 is 0. The van der Waals surface area contributed by atoms with Gasteiger partial charge in [-0.3, -0.25) is 14.9 Å². The summed E-state index contributed by atoms with van der Waals surface area (Å²) in [4.78, 5) is 23.5. The molecule has 0 aliphatic carbocycles. The van der Waals surface area contributed by atoms with Crippen LogP contribution in [0.5, 0.6) is 5.75 Å². The summed E-state index contributed by atoms with van der Waals surface area (Å²) < 4.78 is 5.42. The van der Waals surface area contributed by atoms with E-state index >= 15 is 0 Å². The van der Waals surface area contributed by atoms with E-state index in [2.05, 4.69) is 20.5 Å². The van der Waals surface area contributed by atoms with Crippen molar-refractivity contribution in [3.8, 4) is 5.75 Å². The van der Waals surface area contributed by atoms with E-state index in [0.29, 0.717) is 25.3 Å². The van der Waals surface area contributed by atoms with Gasteiger partial charge in [0.05, 0.1) is 12.5 Å². The van der Waals surface area contributed by atoms with Crippen LogP contribution in [0.4, 0.5) is 5.82 Å². The fourth-order valence-electron chi connectivity index (χ4n) is 4.15. The monoisotopic (exact) mass is 428 g/mol. The highest BCUT2D eigenvalue weighted by atomic mass is 16.5. The summed E-state index contributed by atoms with van der Waals surface area (Å²) in [5.74, 6) is 1.76. The maximum absolute atomic E-state index is 12.7. The molecule has 1 amide bonds. The number of methoxy groups -OCH3 is 1. The topological polar surface area (TPSA) is 96.0 Å². The number of hydrogen-bond donors (Lipinski definition) is 2. The van der Waals surface area contributed by atoms with Crippen LogP contribution in [0.2, 0.25) is 0 Å². The van der Waals surface area contributed by atoms with E-state index in [4.69, 9.17) is 9.72 Å². The molecule has 3 aromatic heterocycles. The third kappa shape index (κ3) is 3.87. The third-order valence-corrected chi connectivity index (χ3v) is 5.86. The van der Waals surface area contributed by atoms with Crippen molar-refractivity contribution in [3.63, 3.8) is 0 Å². The van der Waals surface area contributed by atoms with Crippen molar-refractivity contribution in [2.24, 2.45) is 0 Å². The molecule has 1 fully saturated rings. The zero-order chi connectivity index (χ0) is 21.9. The number of para-hydroxylation sites is 1. The van der Waals surface area contributed by atoms with Gasteiger partial charge >= 0.3 is 0 Å². The van der Waals surface area contributed by atoms with Crippen LogP contribution in [0.25, 0.3) is 11.0 Å². The maximum Gasteiger partial charge on any atom is 0.272 e. The third-order valence-electron chi connectivity index (χ3n) is 5.86. The summed E-state index contributed by atoms with van der Waals surface area (Å²) in [7, 11) is 1.67. The van der Waals surface area contributed by atoms with Gasteiger partial charge in [0.15, 0.2) is 11.5 Å². The molecule has 1 saturated heterocycles. The van der Waals surface area contributed by atoms with Gasteiger partial charge in [0.2, 0.25) is 0 Å². The second kappa shape index (κ2) is 8.66. The number of anilines is 1. The van der Waals surface area contributed by atoms with Crippen LogP contribution in [0.15, 0.2) is 60.8 Å². The second-order valence-electron chi connectivity index (χ2n) is 7.82. The lowest BCUT2D eigenvalue weighted by molar-refractivity contribution is 0.0785. The number of hydrogen-bond acceptors (Lipinski definition) is 6. The van der Waals surface area contributed by atoms with Crippen LogP contribution in [-0.4, -0.2) is 51.2 Å². The Morgan fingerprint density at radius 3 is 2.91 bits per heavy atom. The number of benzene rings is 1. The van der Waals surface area contributed by atoms with Crippen molar-refractivity contribution in [3.05, 3.63) is 77.7 Å². The highest BCUT2D eigenvalue weighted by Gasteiger charge is 2.29. The predicted octanol–water partition coefficient (Wildman–Crippen LogP) is 3.60. The van der Waals surface area contributed by atoms with Gasteiger partial charge in [-0.25, -0.2) is 4.98 Å². The van der Waals surface area contributed by atoms with Gasteiger partial charge in [0, 0.05) is 43.0 Å². The maximum atomic E-state index is 12.7. The molecule has 1 atom stereocenters. The fourth-order valence-corrected chi connectivity index (χ4v) is 4.15. The molecule has 8 heteroatoms. The highest BCUT2D eigenvalue weighted by molar-refractivity contribution is 5.92. The normalized spacial score (nSPS) is 15.8. The van der Waals surface area contributed by atoms with Gasteiger partial charge in [-0.05, 0) is 36.8 Å². The van der Waals surface area contributed by atoms with Crippen LogP contribution >= 0.6 is 0 Å². The Bertz CT molecular complexity index is 1240. The van der Waals surface area contributed by atoms with Crippen molar-refractivity contribution in [1.29, 1.82) is 0 Å². The van der Waals surface area contributed by atoms with Crippen molar-refractivity contribution >= 4 is 22.8 Å². The molecule has 1 unspecified atom stereocenters. The standard InChI is InChI=1S/C24H24N6O2/c1-32-21-8-3-2-6-16(21)14-26-22-18-9-10-19(27-23(18)29-28-22)17-11-13-30(15-17)24(31)20-7-4-5-12-25-20/h2-10,12,17H,11,13-15H2,1H3,(H2,26,27,28,29). The van der Waals surface area contributed by atoms with E-state index in [1.54, 1.807) is 19.4 Å². The summed E-state index contributed by atoms with van der Waals surface area (Å²) in [6, 6.07) is 17.4. The van der Waals surface area contributed by atoms with Gasteiger partial charge < -0.3 is 15.0 Å². The Balaban J connectivity index is 1.28.